The number of carboxylic acid groups (broad SMARTS) is 1. The van der Waals surface area contributed by atoms with Gasteiger partial charge in [-0.3, -0.25) is 9.69 Å². The molecule has 3 atom stereocenters. The molecule has 1 N–H and O–H groups in total. The highest BCUT2D eigenvalue weighted by Gasteiger charge is 2.59. The fraction of sp³-hybridized carbons (Fsp3) is 0.958. The van der Waals surface area contributed by atoms with Gasteiger partial charge in [0.25, 0.3) is 0 Å². The van der Waals surface area contributed by atoms with Crippen molar-refractivity contribution in [2.24, 2.45) is 5.92 Å². The first kappa shape index (κ1) is 35.6. The summed E-state index contributed by atoms with van der Waals surface area (Å²) in [6, 6.07) is 0. The van der Waals surface area contributed by atoms with Crippen LogP contribution in [-0.4, -0.2) is 105 Å². The van der Waals surface area contributed by atoms with Crippen molar-refractivity contribution < 1.29 is 41.2 Å². The summed E-state index contributed by atoms with van der Waals surface area (Å²) < 4.78 is 43.2. The van der Waals surface area contributed by atoms with Crippen molar-refractivity contribution >= 4 is 23.6 Å². The molecule has 0 saturated heterocycles. The quantitative estimate of drug-likeness (QED) is 0.177. The monoisotopic (exact) mass is 555 g/mol. The molecule has 10 nitrogen and oxygen atoms in total. The molecule has 0 fully saturated rings. The molecular formula is C24H53NO9Si2. The summed E-state index contributed by atoms with van der Waals surface area (Å²) in [5, 5.41) is 10.1. The van der Waals surface area contributed by atoms with Crippen LogP contribution in [0, 0.1) is 5.92 Å². The fourth-order valence-electron chi connectivity index (χ4n) is 4.69. The molecule has 0 rings (SSSR count). The Morgan fingerprint density at radius 3 is 1.25 bits per heavy atom. The van der Waals surface area contributed by atoms with Crippen LogP contribution >= 0.6 is 0 Å². The van der Waals surface area contributed by atoms with E-state index in [9.17, 15) is 9.90 Å². The SMILES string of the molecule is CCO[Si](OCC)(OCC)C(CC)N(CC(CCOC)C(=O)O)C(CC)[Si](OCC)(OCC)OCC. The maximum Gasteiger partial charge on any atom is 0.519 e. The van der Waals surface area contributed by atoms with Crippen LogP contribution in [0.15, 0.2) is 0 Å². The lowest BCUT2D eigenvalue weighted by Gasteiger charge is -2.48. The number of ether oxygens (including phenoxy) is 1. The molecule has 0 spiro atoms. The number of hydrogen-bond donors (Lipinski definition) is 1. The van der Waals surface area contributed by atoms with Gasteiger partial charge in [0.2, 0.25) is 0 Å². The molecule has 0 aromatic carbocycles. The van der Waals surface area contributed by atoms with Gasteiger partial charge in [-0.25, -0.2) is 0 Å². The Bertz CT molecular complexity index is 506. The largest absolute Gasteiger partial charge is 0.519 e. The van der Waals surface area contributed by atoms with Crippen molar-refractivity contribution in [3.8, 4) is 0 Å². The minimum atomic E-state index is -3.29. The molecule has 36 heavy (non-hydrogen) atoms. The molecule has 0 aliphatic heterocycles. The summed E-state index contributed by atoms with van der Waals surface area (Å²) in [7, 11) is -5.00. The Labute approximate surface area is 221 Å². The third-order valence-corrected chi connectivity index (χ3v) is 13.2. The maximum atomic E-state index is 12.4. The minimum Gasteiger partial charge on any atom is -0.481 e. The predicted octanol–water partition coefficient (Wildman–Crippen LogP) is 3.76. The maximum absolute atomic E-state index is 12.4. The lowest BCUT2D eigenvalue weighted by molar-refractivity contribution is -0.143. The van der Waals surface area contributed by atoms with Gasteiger partial charge in [-0.2, -0.15) is 0 Å². The van der Waals surface area contributed by atoms with Gasteiger partial charge in [0.15, 0.2) is 0 Å². The number of aliphatic carboxylic acids is 1. The van der Waals surface area contributed by atoms with Gasteiger partial charge < -0.3 is 36.4 Å². The van der Waals surface area contributed by atoms with Gasteiger partial charge in [0.1, 0.15) is 0 Å². The van der Waals surface area contributed by atoms with Crippen LogP contribution in [0.4, 0.5) is 0 Å². The van der Waals surface area contributed by atoms with Crippen molar-refractivity contribution in [2.75, 3.05) is 59.9 Å². The summed E-state index contributed by atoms with van der Waals surface area (Å²) >= 11 is 0. The zero-order valence-corrected chi connectivity index (χ0v) is 26.2. The second-order valence-corrected chi connectivity index (χ2v) is 13.6. The van der Waals surface area contributed by atoms with Crippen molar-refractivity contribution in [3.63, 3.8) is 0 Å². The molecule has 0 aliphatic carbocycles. The highest BCUT2D eigenvalue weighted by molar-refractivity contribution is 6.64. The first-order valence-corrected chi connectivity index (χ1v) is 17.2. The topological polar surface area (TPSA) is 105 Å². The Morgan fingerprint density at radius 2 is 1.03 bits per heavy atom. The number of hydrogen-bond acceptors (Lipinski definition) is 9. The Balaban J connectivity index is 7.03. The molecule has 3 unspecified atom stereocenters. The molecule has 0 aromatic rings. The summed E-state index contributed by atoms with van der Waals surface area (Å²) in [5.74, 6) is -1.56. The van der Waals surface area contributed by atoms with E-state index in [0.717, 1.165) is 0 Å². The Hall–Kier alpha value is -0.416. The van der Waals surface area contributed by atoms with E-state index in [0.29, 0.717) is 65.5 Å². The second kappa shape index (κ2) is 19.6. The van der Waals surface area contributed by atoms with Gasteiger partial charge in [0, 0.05) is 59.9 Å². The summed E-state index contributed by atoms with van der Waals surface area (Å²) in [6.45, 7) is 18.8. The second-order valence-electron chi connectivity index (χ2n) is 8.17. The van der Waals surface area contributed by atoms with Crippen molar-refractivity contribution in [2.45, 2.75) is 86.0 Å². The van der Waals surface area contributed by atoms with Crippen LogP contribution in [0.1, 0.15) is 74.7 Å². The molecule has 0 heterocycles. The molecule has 12 heteroatoms. The predicted molar refractivity (Wildman–Crippen MR) is 144 cm³/mol. The number of rotatable bonds is 24. The van der Waals surface area contributed by atoms with E-state index in [1.54, 1.807) is 7.11 Å². The van der Waals surface area contributed by atoms with Crippen LogP contribution in [0.25, 0.3) is 0 Å². The number of carboxylic acids is 1. The van der Waals surface area contributed by atoms with Crippen LogP contribution in [0.2, 0.25) is 0 Å². The smallest absolute Gasteiger partial charge is 0.481 e. The van der Waals surface area contributed by atoms with E-state index >= 15 is 0 Å². The molecule has 0 radical (unpaired) electrons. The van der Waals surface area contributed by atoms with E-state index in [-0.39, 0.29) is 17.9 Å². The molecule has 0 bridgehead atoms. The molecule has 0 saturated carbocycles. The van der Waals surface area contributed by atoms with Crippen LogP contribution in [0.5, 0.6) is 0 Å². The third kappa shape index (κ3) is 10.0. The van der Waals surface area contributed by atoms with Gasteiger partial charge in [-0.1, -0.05) is 13.8 Å². The normalized spacial score (nSPS) is 15.3. The number of nitrogens with zero attached hydrogens (tertiary/aromatic N) is 1. The van der Waals surface area contributed by atoms with Crippen molar-refractivity contribution in [1.29, 1.82) is 0 Å². The van der Waals surface area contributed by atoms with E-state index in [4.69, 9.17) is 31.3 Å². The Kier molecular flexibility index (Phi) is 19.4. The molecule has 0 aliphatic rings. The summed E-state index contributed by atoms with van der Waals surface area (Å²) in [4.78, 5) is 14.5. The Morgan fingerprint density at radius 1 is 0.694 bits per heavy atom. The first-order chi connectivity index (χ1) is 17.3. The molecule has 216 valence electrons. The number of carbonyl (C=O) groups is 1. The van der Waals surface area contributed by atoms with Crippen molar-refractivity contribution in [1.82, 2.24) is 4.90 Å². The minimum absolute atomic E-state index is 0.236. The summed E-state index contributed by atoms with van der Waals surface area (Å²) in [6.07, 6.45) is 1.64. The lowest BCUT2D eigenvalue weighted by Crippen LogP contribution is -2.71. The summed E-state index contributed by atoms with van der Waals surface area (Å²) in [5.41, 5.74) is -0.639. The van der Waals surface area contributed by atoms with Crippen LogP contribution in [-0.2, 0) is 36.1 Å². The molecule has 0 amide bonds. The van der Waals surface area contributed by atoms with Gasteiger partial charge in [-0.15, -0.1) is 0 Å². The lowest BCUT2D eigenvalue weighted by atomic mass is 10.1. The highest BCUT2D eigenvalue weighted by atomic mass is 28.4. The zero-order valence-electron chi connectivity index (χ0n) is 24.2. The standard InChI is InChI=1S/C24H53NO9Si2/c1-10-22(35(29-12-3,30-13-4)31-14-5)25(20-21(24(26)27)18-19-28-9)23(11-2)36(32-15-6,33-16-7)34-17-8/h21-23H,10-20H2,1-9H3,(H,26,27). The van der Waals surface area contributed by atoms with Gasteiger partial charge >= 0.3 is 23.6 Å². The average molecular weight is 556 g/mol. The zero-order chi connectivity index (χ0) is 27.6. The molecule has 0 aromatic heterocycles. The van der Waals surface area contributed by atoms with E-state index in [2.05, 4.69) is 18.7 Å². The van der Waals surface area contributed by atoms with E-state index < -0.39 is 29.5 Å². The van der Waals surface area contributed by atoms with E-state index in [1.165, 1.54) is 0 Å². The number of methoxy groups -OCH3 is 1. The van der Waals surface area contributed by atoms with Crippen LogP contribution < -0.4 is 0 Å². The van der Waals surface area contributed by atoms with Crippen molar-refractivity contribution in [3.05, 3.63) is 0 Å². The molecular weight excluding hydrogens is 502 g/mol. The van der Waals surface area contributed by atoms with Crippen LogP contribution in [0.3, 0.4) is 0 Å². The van der Waals surface area contributed by atoms with Gasteiger partial charge in [0.05, 0.1) is 17.2 Å². The average Bonchev–Trinajstić information content (AvgIpc) is 2.83. The first-order valence-electron chi connectivity index (χ1n) is 13.6. The van der Waals surface area contributed by atoms with Gasteiger partial charge in [-0.05, 0) is 60.8 Å². The highest BCUT2D eigenvalue weighted by Crippen LogP contribution is 2.32. The van der Waals surface area contributed by atoms with E-state index in [1.807, 2.05) is 41.5 Å². The fourth-order valence-corrected chi connectivity index (χ4v) is 11.3. The third-order valence-electron chi connectivity index (χ3n) is 5.91.